The van der Waals surface area contributed by atoms with Gasteiger partial charge in [-0.1, -0.05) is 30.9 Å². The van der Waals surface area contributed by atoms with Crippen LogP contribution in [-0.4, -0.2) is 36.3 Å². The van der Waals surface area contributed by atoms with Crippen LogP contribution in [0.25, 0.3) is 0 Å². The normalized spacial score (nSPS) is 23.2. The quantitative estimate of drug-likeness (QED) is 0.587. The zero-order valence-corrected chi connectivity index (χ0v) is 13.8. The summed E-state index contributed by atoms with van der Waals surface area (Å²) in [5.74, 6) is -0.494. The van der Waals surface area contributed by atoms with Crippen LogP contribution < -0.4 is 11.5 Å². The molecule has 0 spiro atoms. The Balaban J connectivity index is 1.96. The third kappa shape index (κ3) is 2.50. The highest BCUT2D eigenvalue weighted by Gasteiger charge is 2.42. The van der Waals surface area contributed by atoms with Gasteiger partial charge >= 0.3 is 0 Å². The standard InChI is InChI=1S/C19H23N3O2/c1-11-3-5-14-17-15(6-4-12(2)16(11)17)19(24)22(18(14)23)8-7-13(9-20)10-21/h3,5-6,13,16H,1-2,4,7-10,20-21H2. The highest BCUT2D eigenvalue weighted by atomic mass is 16.2. The van der Waals surface area contributed by atoms with Crippen LogP contribution in [0.1, 0.15) is 12.8 Å². The molecule has 0 fully saturated rings. The van der Waals surface area contributed by atoms with Gasteiger partial charge in [-0.25, -0.2) is 0 Å². The first kappa shape index (κ1) is 16.6. The van der Waals surface area contributed by atoms with Crippen LogP contribution in [0.3, 0.4) is 0 Å². The van der Waals surface area contributed by atoms with Crippen LogP contribution in [-0.2, 0) is 9.59 Å². The summed E-state index contributed by atoms with van der Waals surface area (Å²) in [5.41, 5.74) is 15.2. The van der Waals surface area contributed by atoms with Gasteiger partial charge in [0.05, 0.1) is 0 Å². The van der Waals surface area contributed by atoms with Gasteiger partial charge in [0.25, 0.3) is 11.8 Å². The summed E-state index contributed by atoms with van der Waals surface area (Å²) in [5, 5.41) is 0. The number of carbonyl (C=O) groups is 2. The van der Waals surface area contributed by atoms with Gasteiger partial charge in [0.1, 0.15) is 0 Å². The maximum absolute atomic E-state index is 12.9. The topological polar surface area (TPSA) is 89.4 Å². The Morgan fingerprint density at radius 1 is 1.17 bits per heavy atom. The van der Waals surface area contributed by atoms with Crippen LogP contribution in [0.4, 0.5) is 0 Å². The minimum Gasteiger partial charge on any atom is -0.330 e. The van der Waals surface area contributed by atoms with Crippen molar-refractivity contribution in [2.75, 3.05) is 19.6 Å². The van der Waals surface area contributed by atoms with E-state index in [1.54, 1.807) is 6.08 Å². The number of allylic oxidation sites excluding steroid dienone is 4. The molecule has 0 saturated carbocycles. The monoisotopic (exact) mass is 325 g/mol. The molecule has 1 atom stereocenters. The number of amides is 2. The van der Waals surface area contributed by atoms with Crippen molar-refractivity contribution in [2.24, 2.45) is 23.3 Å². The Hall–Kier alpha value is -2.24. The summed E-state index contributed by atoms with van der Waals surface area (Å²) in [6, 6.07) is 0. The van der Waals surface area contributed by atoms with E-state index in [-0.39, 0.29) is 23.7 Å². The van der Waals surface area contributed by atoms with Crippen molar-refractivity contribution >= 4 is 11.8 Å². The highest BCUT2D eigenvalue weighted by Crippen LogP contribution is 2.45. The molecule has 0 aromatic carbocycles. The maximum atomic E-state index is 12.9. The average Bonchev–Trinajstić information content (AvgIpc) is 2.57. The summed E-state index contributed by atoms with van der Waals surface area (Å²) >= 11 is 0. The Morgan fingerprint density at radius 2 is 1.88 bits per heavy atom. The van der Waals surface area contributed by atoms with Gasteiger partial charge in [-0.15, -0.1) is 0 Å². The molecule has 24 heavy (non-hydrogen) atoms. The fourth-order valence-corrected chi connectivity index (χ4v) is 3.56. The number of hydrogen-bond donors (Lipinski definition) is 2. The van der Waals surface area contributed by atoms with Gasteiger partial charge in [-0.3, -0.25) is 14.5 Å². The van der Waals surface area contributed by atoms with Gasteiger partial charge < -0.3 is 11.5 Å². The third-order valence-corrected chi connectivity index (χ3v) is 5.06. The lowest BCUT2D eigenvalue weighted by Gasteiger charge is -2.38. The Bertz CT molecular complexity index is 723. The lowest BCUT2D eigenvalue weighted by molar-refractivity contribution is -0.140. The first-order valence-corrected chi connectivity index (χ1v) is 8.25. The van der Waals surface area contributed by atoms with Crippen molar-refractivity contribution in [1.82, 2.24) is 4.90 Å². The molecule has 0 saturated heterocycles. The van der Waals surface area contributed by atoms with Crippen molar-refractivity contribution < 1.29 is 9.59 Å². The zero-order chi connectivity index (χ0) is 17.4. The van der Waals surface area contributed by atoms with Gasteiger partial charge in [-0.2, -0.15) is 0 Å². The van der Waals surface area contributed by atoms with E-state index in [1.807, 2.05) is 12.2 Å². The van der Waals surface area contributed by atoms with Crippen LogP contribution in [0.15, 0.2) is 59.3 Å². The summed E-state index contributed by atoms with van der Waals surface area (Å²) < 4.78 is 0. The number of nitrogens with two attached hydrogens (primary N) is 2. The van der Waals surface area contributed by atoms with Gasteiger partial charge in [0.2, 0.25) is 0 Å². The molecular weight excluding hydrogens is 302 g/mol. The molecule has 1 aliphatic heterocycles. The number of hydrogen-bond acceptors (Lipinski definition) is 4. The number of imide groups is 1. The van der Waals surface area contributed by atoms with Crippen molar-refractivity contribution in [2.45, 2.75) is 12.8 Å². The van der Waals surface area contributed by atoms with E-state index in [0.717, 1.165) is 16.7 Å². The van der Waals surface area contributed by atoms with E-state index in [1.165, 1.54) is 4.90 Å². The highest BCUT2D eigenvalue weighted by molar-refractivity contribution is 6.18. The Labute approximate surface area is 142 Å². The number of carbonyl (C=O) groups excluding carboxylic acids is 2. The largest absolute Gasteiger partial charge is 0.330 e. The summed E-state index contributed by atoms with van der Waals surface area (Å²) in [6.07, 6.45) is 6.75. The van der Waals surface area contributed by atoms with E-state index in [4.69, 9.17) is 11.5 Å². The van der Waals surface area contributed by atoms with Gasteiger partial charge in [0, 0.05) is 23.6 Å². The Kier molecular flexibility index (Phi) is 4.39. The molecule has 2 aliphatic carbocycles. The fraction of sp³-hybridized carbons (Fsp3) is 0.368. The minimum atomic E-state index is -0.247. The molecule has 2 amide bonds. The molecule has 4 N–H and O–H groups in total. The molecule has 0 radical (unpaired) electrons. The molecule has 3 rings (SSSR count). The van der Waals surface area contributed by atoms with Gasteiger partial charge in [-0.05, 0) is 49.1 Å². The van der Waals surface area contributed by atoms with Crippen molar-refractivity contribution in [3.63, 3.8) is 0 Å². The number of nitrogens with zero attached hydrogens (tertiary/aromatic N) is 1. The summed E-state index contributed by atoms with van der Waals surface area (Å²) in [6.45, 7) is 9.38. The van der Waals surface area contributed by atoms with Crippen molar-refractivity contribution in [3.05, 3.63) is 59.3 Å². The van der Waals surface area contributed by atoms with E-state index in [9.17, 15) is 9.59 Å². The molecule has 1 heterocycles. The fourth-order valence-electron chi connectivity index (χ4n) is 3.56. The maximum Gasteiger partial charge on any atom is 0.261 e. The second-order valence-electron chi connectivity index (χ2n) is 6.54. The van der Waals surface area contributed by atoms with Crippen LogP contribution in [0, 0.1) is 11.8 Å². The van der Waals surface area contributed by atoms with E-state index in [0.29, 0.717) is 43.6 Å². The summed E-state index contributed by atoms with van der Waals surface area (Å²) in [7, 11) is 0. The number of rotatable bonds is 5. The SMILES string of the molecule is C=C1C=CC2=C3C(=CCC(=C)C13)C(=O)N(CCC(CN)CN)C2=O. The van der Waals surface area contributed by atoms with E-state index in [2.05, 4.69) is 13.2 Å². The average molecular weight is 325 g/mol. The van der Waals surface area contributed by atoms with Crippen LogP contribution in [0.5, 0.6) is 0 Å². The molecule has 0 bridgehead atoms. The van der Waals surface area contributed by atoms with E-state index < -0.39 is 0 Å². The first-order valence-electron chi connectivity index (χ1n) is 8.25. The van der Waals surface area contributed by atoms with Crippen LogP contribution >= 0.6 is 0 Å². The third-order valence-electron chi connectivity index (χ3n) is 5.06. The second-order valence-corrected chi connectivity index (χ2v) is 6.54. The minimum absolute atomic E-state index is 0.107. The molecule has 126 valence electrons. The second kappa shape index (κ2) is 6.34. The van der Waals surface area contributed by atoms with Crippen molar-refractivity contribution in [3.8, 4) is 0 Å². The first-order chi connectivity index (χ1) is 11.5. The lowest BCUT2D eigenvalue weighted by Crippen LogP contribution is -2.46. The molecule has 0 aromatic rings. The summed E-state index contributed by atoms with van der Waals surface area (Å²) in [4.78, 5) is 27.0. The van der Waals surface area contributed by atoms with Crippen molar-refractivity contribution in [1.29, 1.82) is 0 Å². The lowest BCUT2D eigenvalue weighted by atomic mass is 9.70. The smallest absolute Gasteiger partial charge is 0.261 e. The Morgan fingerprint density at radius 3 is 2.54 bits per heavy atom. The van der Waals surface area contributed by atoms with Gasteiger partial charge in [0.15, 0.2) is 0 Å². The molecule has 5 heteroatoms. The van der Waals surface area contributed by atoms with Crippen LogP contribution in [0.2, 0.25) is 0 Å². The predicted octanol–water partition coefficient (Wildman–Crippen LogP) is 1.20. The molecule has 1 unspecified atom stereocenters. The molecule has 3 aliphatic rings. The van der Waals surface area contributed by atoms with E-state index >= 15 is 0 Å². The predicted molar refractivity (Wildman–Crippen MR) is 93.6 cm³/mol. The zero-order valence-electron chi connectivity index (χ0n) is 13.8. The molecular formula is C19H23N3O2. The molecule has 0 aromatic heterocycles. The molecule has 5 nitrogen and oxygen atoms in total.